The van der Waals surface area contributed by atoms with Gasteiger partial charge >= 0.3 is 0 Å². The number of nitrogens with zero attached hydrogens (tertiary/aromatic N) is 2. The Labute approximate surface area is 134 Å². The number of hydrogen-bond acceptors (Lipinski definition) is 3. The predicted molar refractivity (Wildman–Crippen MR) is 85.2 cm³/mol. The number of aromatic nitrogens is 2. The molecule has 0 unspecified atom stereocenters. The Morgan fingerprint density at radius 2 is 1.86 bits per heavy atom. The van der Waals surface area contributed by atoms with E-state index in [2.05, 4.69) is 5.10 Å². The van der Waals surface area contributed by atoms with E-state index in [1.807, 2.05) is 45.9 Å². The van der Waals surface area contributed by atoms with Gasteiger partial charge < -0.3 is 0 Å². The number of hydrogen-bond donors (Lipinski definition) is 0. The van der Waals surface area contributed by atoms with Crippen molar-refractivity contribution in [1.29, 1.82) is 0 Å². The second kappa shape index (κ2) is 5.63. The largest absolute Gasteiger partial charge is 0.266 e. The molecule has 0 aliphatic rings. The van der Waals surface area contributed by atoms with Gasteiger partial charge in [-0.25, -0.2) is 13.1 Å². The Kier molecular flexibility index (Phi) is 4.38. The molecule has 0 fully saturated rings. The molecule has 0 saturated carbocycles. The van der Waals surface area contributed by atoms with Gasteiger partial charge in [-0.3, -0.25) is 0 Å². The van der Waals surface area contributed by atoms with Crippen molar-refractivity contribution in [2.45, 2.75) is 38.5 Å². The summed E-state index contributed by atoms with van der Waals surface area (Å²) >= 11 is 6.25. The first-order valence-electron chi connectivity index (χ1n) is 6.43. The molecule has 2 aromatic rings. The van der Waals surface area contributed by atoms with E-state index in [-0.39, 0.29) is 16.0 Å². The molecule has 0 atom stereocenters. The molecule has 0 aliphatic heterocycles. The highest BCUT2D eigenvalue weighted by Crippen LogP contribution is 2.34. The summed E-state index contributed by atoms with van der Waals surface area (Å²) in [5, 5.41) is 4.39. The van der Waals surface area contributed by atoms with E-state index >= 15 is 0 Å². The Balaban J connectivity index is 2.81. The molecule has 114 valence electrons. The van der Waals surface area contributed by atoms with E-state index in [1.165, 1.54) is 4.68 Å². The van der Waals surface area contributed by atoms with Crippen LogP contribution in [0, 0.1) is 13.8 Å². The van der Waals surface area contributed by atoms with Crippen molar-refractivity contribution >= 4 is 31.3 Å². The highest BCUT2D eigenvalue weighted by molar-refractivity contribution is 8.13. The van der Waals surface area contributed by atoms with Crippen LogP contribution in [0.2, 0.25) is 5.15 Å². The first-order chi connectivity index (χ1) is 9.62. The van der Waals surface area contributed by atoms with Crippen molar-refractivity contribution in [3.63, 3.8) is 0 Å². The molecular weight excluding hydrogens is 331 g/mol. The fourth-order valence-corrected chi connectivity index (χ4v) is 4.03. The van der Waals surface area contributed by atoms with Crippen LogP contribution in [0.25, 0.3) is 5.69 Å². The summed E-state index contributed by atoms with van der Waals surface area (Å²) in [6, 6.07) is 5.81. The van der Waals surface area contributed by atoms with E-state index in [9.17, 15) is 8.42 Å². The number of benzene rings is 1. The van der Waals surface area contributed by atoms with E-state index in [0.29, 0.717) is 5.69 Å². The van der Waals surface area contributed by atoms with Gasteiger partial charge in [-0.1, -0.05) is 37.6 Å². The Bertz CT molecular complexity index is 796. The van der Waals surface area contributed by atoms with Gasteiger partial charge in [0.15, 0.2) is 5.15 Å². The molecule has 4 nitrogen and oxygen atoms in total. The van der Waals surface area contributed by atoms with Crippen molar-refractivity contribution in [2.24, 2.45) is 0 Å². The molecule has 2 rings (SSSR count). The summed E-state index contributed by atoms with van der Waals surface area (Å²) < 4.78 is 25.0. The molecule has 0 N–H and O–H groups in total. The molecular formula is C14H16Cl2N2O2S. The molecule has 0 bridgehead atoms. The molecule has 7 heteroatoms. The second-order valence-corrected chi connectivity index (χ2v) is 8.16. The summed E-state index contributed by atoms with van der Waals surface area (Å²) in [6.45, 7) is 7.55. The molecule has 0 radical (unpaired) electrons. The van der Waals surface area contributed by atoms with E-state index in [1.54, 1.807) is 0 Å². The van der Waals surface area contributed by atoms with Crippen LogP contribution in [0.3, 0.4) is 0 Å². The molecule has 0 aliphatic carbocycles. The third-order valence-electron chi connectivity index (χ3n) is 3.20. The van der Waals surface area contributed by atoms with Crippen LogP contribution >= 0.6 is 22.3 Å². The standard InChI is InChI=1S/C14H16Cl2N2O2S/c1-8(2)12-13(21(16,19)20)14(15)18(17-12)11-7-9(3)5-6-10(11)4/h5-8H,1-4H3. The van der Waals surface area contributed by atoms with Gasteiger partial charge in [0.2, 0.25) is 0 Å². The van der Waals surface area contributed by atoms with Gasteiger partial charge in [0.05, 0.1) is 11.4 Å². The lowest BCUT2D eigenvalue weighted by Crippen LogP contribution is -2.01. The summed E-state index contributed by atoms with van der Waals surface area (Å²) in [7, 11) is 1.56. The SMILES string of the molecule is Cc1ccc(C)c(-n2nc(C(C)C)c(S(=O)(=O)Cl)c2Cl)c1. The quantitative estimate of drug-likeness (QED) is 0.782. The molecule has 1 aromatic carbocycles. The molecule has 21 heavy (non-hydrogen) atoms. The molecule has 0 spiro atoms. The predicted octanol–water partition coefficient (Wildman–Crippen LogP) is 4.19. The summed E-state index contributed by atoms with van der Waals surface area (Å²) in [5.41, 5.74) is 3.09. The normalized spacial score (nSPS) is 12.1. The summed E-state index contributed by atoms with van der Waals surface area (Å²) in [6.07, 6.45) is 0. The Hall–Kier alpha value is -1.04. The van der Waals surface area contributed by atoms with E-state index in [0.717, 1.165) is 16.8 Å². The lowest BCUT2D eigenvalue weighted by Gasteiger charge is -2.08. The topological polar surface area (TPSA) is 52.0 Å². The van der Waals surface area contributed by atoms with Crippen LogP contribution < -0.4 is 0 Å². The maximum Gasteiger partial charge on any atom is 0.266 e. The maximum atomic E-state index is 11.8. The fourth-order valence-electron chi connectivity index (χ4n) is 2.11. The van der Waals surface area contributed by atoms with Crippen molar-refractivity contribution in [3.8, 4) is 5.69 Å². The van der Waals surface area contributed by atoms with Crippen molar-refractivity contribution in [2.75, 3.05) is 0 Å². The summed E-state index contributed by atoms with van der Waals surface area (Å²) in [5.74, 6) is -0.114. The Morgan fingerprint density at radius 3 is 2.33 bits per heavy atom. The first-order valence-corrected chi connectivity index (χ1v) is 9.12. The molecule has 1 heterocycles. The third kappa shape index (κ3) is 3.10. The lowest BCUT2D eigenvalue weighted by atomic mass is 10.1. The minimum atomic E-state index is -3.96. The fraction of sp³-hybridized carbons (Fsp3) is 0.357. The smallest absolute Gasteiger partial charge is 0.220 e. The van der Waals surface area contributed by atoms with Crippen LogP contribution in [0.4, 0.5) is 0 Å². The average Bonchev–Trinajstić information content (AvgIpc) is 2.70. The first kappa shape index (κ1) is 16.3. The van der Waals surface area contributed by atoms with Gasteiger partial charge in [0, 0.05) is 10.7 Å². The van der Waals surface area contributed by atoms with Gasteiger partial charge in [-0.15, -0.1) is 0 Å². The van der Waals surface area contributed by atoms with Crippen LogP contribution in [0.5, 0.6) is 0 Å². The van der Waals surface area contributed by atoms with Gasteiger partial charge in [-0.05, 0) is 37.0 Å². The number of rotatable bonds is 3. The zero-order valence-electron chi connectivity index (χ0n) is 12.2. The minimum absolute atomic E-state index is 0.0161. The van der Waals surface area contributed by atoms with Crippen LogP contribution in [0.1, 0.15) is 36.6 Å². The minimum Gasteiger partial charge on any atom is -0.220 e. The highest BCUT2D eigenvalue weighted by Gasteiger charge is 2.28. The zero-order chi connectivity index (χ0) is 15.9. The van der Waals surface area contributed by atoms with Crippen LogP contribution in [-0.4, -0.2) is 18.2 Å². The third-order valence-corrected chi connectivity index (χ3v) is 5.01. The van der Waals surface area contributed by atoms with Crippen molar-refractivity contribution in [3.05, 3.63) is 40.2 Å². The zero-order valence-corrected chi connectivity index (χ0v) is 14.5. The highest BCUT2D eigenvalue weighted by atomic mass is 35.7. The van der Waals surface area contributed by atoms with E-state index < -0.39 is 9.05 Å². The average molecular weight is 347 g/mol. The van der Waals surface area contributed by atoms with Crippen molar-refractivity contribution < 1.29 is 8.42 Å². The van der Waals surface area contributed by atoms with Gasteiger partial charge in [0.25, 0.3) is 9.05 Å². The maximum absolute atomic E-state index is 11.8. The number of aryl methyl sites for hydroxylation is 2. The summed E-state index contributed by atoms with van der Waals surface area (Å²) in [4.78, 5) is -0.110. The van der Waals surface area contributed by atoms with Crippen LogP contribution in [0.15, 0.2) is 23.1 Å². The van der Waals surface area contributed by atoms with Crippen molar-refractivity contribution in [1.82, 2.24) is 9.78 Å². The molecule has 0 amide bonds. The van der Waals surface area contributed by atoms with Gasteiger partial charge in [0.1, 0.15) is 4.90 Å². The lowest BCUT2D eigenvalue weighted by molar-refractivity contribution is 0.607. The van der Waals surface area contributed by atoms with E-state index in [4.69, 9.17) is 22.3 Å². The van der Waals surface area contributed by atoms with Crippen LogP contribution in [-0.2, 0) is 9.05 Å². The van der Waals surface area contributed by atoms with Gasteiger partial charge in [-0.2, -0.15) is 5.10 Å². The monoisotopic (exact) mass is 346 g/mol. The molecule has 1 aromatic heterocycles. The Morgan fingerprint density at radius 1 is 1.24 bits per heavy atom. The second-order valence-electron chi connectivity index (χ2n) is 5.30. The number of halogens is 2. The molecule has 0 saturated heterocycles.